The molecule has 0 aromatic heterocycles. The molecule has 1 N–H and O–H groups in total. The van der Waals surface area contributed by atoms with Gasteiger partial charge in [0, 0.05) is 19.2 Å². The molecular weight excluding hydrogens is 306 g/mol. The Balaban J connectivity index is 1.91. The van der Waals surface area contributed by atoms with E-state index in [2.05, 4.69) is 90.5 Å². The fourth-order valence-corrected chi connectivity index (χ4v) is 3.04. The minimum atomic E-state index is 0.706. The largest absolute Gasteiger partial charge is 0.366 e. The van der Waals surface area contributed by atoms with E-state index in [1.807, 2.05) is 0 Å². The molecular formula is C22H23N3. The molecule has 0 aliphatic rings. The third-order valence-corrected chi connectivity index (χ3v) is 4.59. The Labute approximate surface area is 149 Å². The van der Waals surface area contributed by atoms with E-state index in [9.17, 15) is 0 Å². The predicted molar refractivity (Wildman–Crippen MR) is 108 cm³/mol. The summed E-state index contributed by atoms with van der Waals surface area (Å²) in [6.07, 6.45) is 0. The van der Waals surface area contributed by atoms with Crippen LogP contribution in [0, 0.1) is 13.8 Å². The van der Waals surface area contributed by atoms with Crippen LogP contribution >= 0.6 is 0 Å². The first-order valence-electron chi connectivity index (χ1n) is 8.39. The highest BCUT2D eigenvalue weighted by Crippen LogP contribution is 2.24. The molecule has 3 aromatic rings. The van der Waals surface area contributed by atoms with E-state index >= 15 is 0 Å². The molecule has 0 saturated heterocycles. The van der Waals surface area contributed by atoms with E-state index in [0.29, 0.717) is 6.54 Å². The van der Waals surface area contributed by atoms with E-state index in [0.717, 1.165) is 17.1 Å². The van der Waals surface area contributed by atoms with Gasteiger partial charge in [-0.25, -0.2) is 0 Å². The molecule has 0 saturated carbocycles. The van der Waals surface area contributed by atoms with Gasteiger partial charge < -0.3 is 5.32 Å². The number of nitrogens with one attached hydrogen (secondary N) is 1. The lowest BCUT2D eigenvalue weighted by Crippen LogP contribution is -2.24. The summed E-state index contributed by atoms with van der Waals surface area (Å²) in [5, 5.41) is 5.98. The summed E-state index contributed by atoms with van der Waals surface area (Å²) in [5.74, 6) is 0.832. The molecule has 0 heterocycles. The zero-order valence-corrected chi connectivity index (χ0v) is 15.0. The quantitative estimate of drug-likeness (QED) is 0.533. The SMILES string of the molecule is C=Nc1cc(C)c(C)cc1C(=NC)NCc1cccc2ccccc12. The Morgan fingerprint density at radius 3 is 2.48 bits per heavy atom. The fourth-order valence-electron chi connectivity index (χ4n) is 3.04. The van der Waals surface area contributed by atoms with Crippen LogP contribution in [0.15, 0.2) is 64.6 Å². The van der Waals surface area contributed by atoms with Gasteiger partial charge >= 0.3 is 0 Å². The first-order chi connectivity index (χ1) is 12.1. The molecule has 3 aromatic carbocycles. The number of nitrogens with zero attached hydrogens (tertiary/aromatic N) is 2. The molecule has 3 heteroatoms. The number of aliphatic imine (C=N–C) groups is 2. The zero-order valence-electron chi connectivity index (χ0n) is 15.0. The maximum atomic E-state index is 4.45. The molecule has 0 unspecified atom stereocenters. The number of fused-ring (bicyclic) bond motifs is 1. The average molecular weight is 329 g/mol. The standard InChI is InChI=1S/C22H23N3/c1-15-12-20(21(23-3)13-16(15)2)22(24-4)25-14-18-10-7-9-17-8-5-6-11-19(17)18/h5-13H,3,14H2,1-2,4H3,(H,24,25). The lowest BCUT2D eigenvalue weighted by Gasteiger charge is -2.15. The summed E-state index contributed by atoms with van der Waals surface area (Å²) in [7, 11) is 1.80. The number of amidine groups is 1. The third-order valence-electron chi connectivity index (χ3n) is 4.59. The molecule has 3 nitrogen and oxygen atoms in total. The van der Waals surface area contributed by atoms with Crippen LogP contribution in [-0.2, 0) is 6.54 Å². The van der Waals surface area contributed by atoms with Crippen molar-refractivity contribution in [2.45, 2.75) is 20.4 Å². The lowest BCUT2D eigenvalue weighted by molar-refractivity contribution is 0.919. The topological polar surface area (TPSA) is 36.8 Å². The van der Waals surface area contributed by atoms with Gasteiger partial charge in [0.1, 0.15) is 5.84 Å². The van der Waals surface area contributed by atoms with Gasteiger partial charge in [-0.3, -0.25) is 9.98 Å². The van der Waals surface area contributed by atoms with Gasteiger partial charge in [-0.05, 0) is 60.2 Å². The van der Waals surface area contributed by atoms with Crippen LogP contribution in [0.25, 0.3) is 10.8 Å². The maximum absolute atomic E-state index is 4.45. The van der Waals surface area contributed by atoms with Crippen molar-refractivity contribution in [2.24, 2.45) is 9.98 Å². The van der Waals surface area contributed by atoms with Crippen molar-refractivity contribution in [3.8, 4) is 0 Å². The highest BCUT2D eigenvalue weighted by Gasteiger charge is 2.11. The summed E-state index contributed by atoms with van der Waals surface area (Å²) in [6, 6.07) is 19.0. The highest BCUT2D eigenvalue weighted by atomic mass is 15.0. The van der Waals surface area contributed by atoms with Crippen LogP contribution in [0.1, 0.15) is 22.3 Å². The minimum Gasteiger partial charge on any atom is -0.366 e. The van der Waals surface area contributed by atoms with Gasteiger partial charge in [-0.2, -0.15) is 0 Å². The van der Waals surface area contributed by atoms with E-state index < -0.39 is 0 Å². The fraction of sp³-hybridized carbons (Fsp3) is 0.182. The minimum absolute atomic E-state index is 0.706. The van der Waals surface area contributed by atoms with Crippen LogP contribution < -0.4 is 5.32 Å². The Hall–Kier alpha value is -2.94. The number of benzene rings is 3. The second-order valence-corrected chi connectivity index (χ2v) is 6.18. The molecule has 0 radical (unpaired) electrons. The summed E-state index contributed by atoms with van der Waals surface area (Å²) in [6.45, 7) is 8.60. The third kappa shape index (κ3) is 3.45. The van der Waals surface area contributed by atoms with Crippen LogP contribution in [0.3, 0.4) is 0 Å². The van der Waals surface area contributed by atoms with Crippen molar-refractivity contribution >= 4 is 29.0 Å². The second kappa shape index (κ2) is 7.31. The molecule has 0 atom stereocenters. The van der Waals surface area contributed by atoms with Crippen molar-refractivity contribution < 1.29 is 0 Å². The Bertz CT molecular complexity index is 949. The highest BCUT2D eigenvalue weighted by molar-refractivity contribution is 6.03. The van der Waals surface area contributed by atoms with Crippen LogP contribution in [0.4, 0.5) is 5.69 Å². The van der Waals surface area contributed by atoms with Gasteiger partial charge in [0.25, 0.3) is 0 Å². The number of aryl methyl sites for hydroxylation is 2. The lowest BCUT2D eigenvalue weighted by atomic mass is 10.0. The van der Waals surface area contributed by atoms with Crippen molar-refractivity contribution in [3.63, 3.8) is 0 Å². The summed E-state index contributed by atoms with van der Waals surface area (Å²) in [4.78, 5) is 8.63. The smallest absolute Gasteiger partial charge is 0.130 e. The Morgan fingerprint density at radius 2 is 1.72 bits per heavy atom. The maximum Gasteiger partial charge on any atom is 0.130 e. The van der Waals surface area contributed by atoms with Crippen molar-refractivity contribution in [1.82, 2.24) is 5.32 Å². The second-order valence-electron chi connectivity index (χ2n) is 6.18. The van der Waals surface area contributed by atoms with Gasteiger partial charge in [-0.1, -0.05) is 42.5 Å². The normalized spacial score (nSPS) is 11.6. The van der Waals surface area contributed by atoms with Crippen molar-refractivity contribution in [2.75, 3.05) is 7.05 Å². The first-order valence-corrected chi connectivity index (χ1v) is 8.39. The number of hydrogen-bond acceptors (Lipinski definition) is 2. The Morgan fingerprint density at radius 1 is 1.00 bits per heavy atom. The molecule has 0 aliphatic carbocycles. The van der Waals surface area contributed by atoms with Crippen LogP contribution in [-0.4, -0.2) is 19.6 Å². The molecule has 0 bridgehead atoms. The monoisotopic (exact) mass is 329 g/mol. The van der Waals surface area contributed by atoms with Gasteiger partial charge in [0.2, 0.25) is 0 Å². The molecule has 25 heavy (non-hydrogen) atoms. The molecule has 0 spiro atoms. The van der Waals surface area contributed by atoms with E-state index in [1.54, 1.807) is 7.05 Å². The Kier molecular flexibility index (Phi) is 4.94. The predicted octanol–water partition coefficient (Wildman–Crippen LogP) is 4.95. The number of hydrogen-bond donors (Lipinski definition) is 1. The zero-order chi connectivity index (χ0) is 17.8. The molecule has 126 valence electrons. The van der Waals surface area contributed by atoms with E-state index in [1.165, 1.54) is 27.5 Å². The first kappa shape index (κ1) is 16.9. The average Bonchev–Trinajstić information content (AvgIpc) is 2.64. The van der Waals surface area contributed by atoms with Crippen molar-refractivity contribution in [3.05, 3.63) is 76.9 Å². The van der Waals surface area contributed by atoms with Crippen molar-refractivity contribution in [1.29, 1.82) is 0 Å². The van der Waals surface area contributed by atoms with Gasteiger partial charge in [0.15, 0.2) is 0 Å². The summed E-state index contributed by atoms with van der Waals surface area (Å²) >= 11 is 0. The van der Waals surface area contributed by atoms with E-state index in [4.69, 9.17) is 0 Å². The van der Waals surface area contributed by atoms with Gasteiger partial charge in [-0.15, -0.1) is 0 Å². The number of rotatable bonds is 4. The molecule has 0 amide bonds. The summed E-state index contributed by atoms with van der Waals surface area (Å²) < 4.78 is 0. The summed E-state index contributed by atoms with van der Waals surface area (Å²) in [5.41, 5.74) is 5.51. The van der Waals surface area contributed by atoms with Crippen LogP contribution in [0.2, 0.25) is 0 Å². The van der Waals surface area contributed by atoms with E-state index in [-0.39, 0.29) is 0 Å². The van der Waals surface area contributed by atoms with Crippen LogP contribution in [0.5, 0.6) is 0 Å². The van der Waals surface area contributed by atoms with Gasteiger partial charge in [0.05, 0.1) is 5.69 Å². The molecule has 0 aliphatic heterocycles. The molecule has 3 rings (SSSR count). The molecule has 0 fully saturated rings.